The largest absolute Gasteiger partial charge is 0.411 e. The topological polar surface area (TPSA) is 27.7 Å². The summed E-state index contributed by atoms with van der Waals surface area (Å²) in [7, 11) is -1.84. The Morgan fingerprint density at radius 2 is 1.95 bits per heavy atom. The molecular weight excluding hydrogens is 280 g/mol. The van der Waals surface area contributed by atoms with E-state index in [1.807, 2.05) is 19.9 Å². The van der Waals surface area contributed by atoms with Crippen LogP contribution >= 0.6 is 0 Å². The minimum Gasteiger partial charge on any atom is -0.411 e. The van der Waals surface area contributed by atoms with Crippen molar-refractivity contribution in [1.82, 2.24) is 0 Å². The van der Waals surface area contributed by atoms with Crippen LogP contribution in [0.1, 0.15) is 41.0 Å². The molecule has 1 fully saturated rings. The van der Waals surface area contributed by atoms with Crippen molar-refractivity contribution in [2.24, 2.45) is 0 Å². The fourth-order valence-electron chi connectivity index (χ4n) is 2.68. The minimum absolute atomic E-state index is 0.0159. The second kappa shape index (κ2) is 5.34. The van der Waals surface area contributed by atoms with Gasteiger partial charge in [0.15, 0.2) is 14.1 Å². The lowest BCUT2D eigenvalue weighted by molar-refractivity contribution is -0.151. The Balaban J connectivity index is 2.23. The molecular formula is C17H30O3Si. The molecule has 2 rings (SSSR count). The van der Waals surface area contributed by atoms with E-state index in [1.165, 1.54) is 5.57 Å². The highest BCUT2D eigenvalue weighted by molar-refractivity contribution is 6.74. The van der Waals surface area contributed by atoms with E-state index in [9.17, 15) is 0 Å². The van der Waals surface area contributed by atoms with Gasteiger partial charge >= 0.3 is 0 Å². The summed E-state index contributed by atoms with van der Waals surface area (Å²) < 4.78 is 18.7. The molecule has 1 heterocycles. The van der Waals surface area contributed by atoms with Gasteiger partial charge in [0.05, 0.1) is 6.10 Å². The fraction of sp³-hybridized carbons (Fsp3) is 0.765. The lowest BCUT2D eigenvalue weighted by Crippen LogP contribution is -2.50. The Morgan fingerprint density at radius 3 is 2.48 bits per heavy atom. The summed E-state index contributed by atoms with van der Waals surface area (Å²) in [5.74, 6) is -0.544. The molecule has 120 valence electrons. The summed E-state index contributed by atoms with van der Waals surface area (Å²) in [6.07, 6.45) is 4.91. The van der Waals surface area contributed by atoms with Crippen molar-refractivity contribution < 1.29 is 13.9 Å². The van der Waals surface area contributed by atoms with Gasteiger partial charge < -0.3 is 13.9 Å². The van der Waals surface area contributed by atoms with Crippen LogP contribution in [0.25, 0.3) is 0 Å². The molecule has 1 saturated heterocycles. The SMILES string of the molecule is C=CC1=C[C@H]2OC(C)(C)O[C@H]2[C@H](O[Si](C)(C)C(C)(C)C)C1. The number of allylic oxidation sites excluding steroid dienone is 1. The zero-order valence-electron chi connectivity index (χ0n) is 14.5. The Labute approximate surface area is 130 Å². The van der Waals surface area contributed by atoms with Crippen LogP contribution in [0.2, 0.25) is 18.1 Å². The van der Waals surface area contributed by atoms with Crippen molar-refractivity contribution in [1.29, 1.82) is 0 Å². The first-order valence-corrected chi connectivity index (χ1v) is 10.7. The maximum atomic E-state index is 6.63. The van der Waals surface area contributed by atoms with Gasteiger partial charge in [-0.25, -0.2) is 0 Å². The first kappa shape index (κ1) is 16.9. The average Bonchev–Trinajstić information content (AvgIpc) is 2.61. The molecule has 3 nitrogen and oxygen atoms in total. The van der Waals surface area contributed by atoms with Crippen molar-refractivity contribution >= 4 is 8.32 Å². The van der Waals surface area contributed by atoms with E-state index >= 15 is 0 Å². The van der Waals surface area contributed by atoms with E-state index in [2.05, 4.69) is 46.5 Å². The van der Waals surface area contributed by atoms with Crippen LogP contribution in [-0.4, -0.2) is 32.4 Å². The number of hydrogen-bond acceptors (Lipinski definition) is 3. The lowest BCUT2D eigenvalue weighted by Gasteiger charge is -2.42. The molecule has 1 aliphatic carbocycles. The Bertz CT molecular complexity index is 445. The third kappa shape index (κ3) is 3.50. The second-order valence-corrected chi connectivity index (χ2v) is 12.9. The quantitative estimate of drug-likeness (QED) is 0.723. The van der Waals surface area contributed by atoms with Crippen LogP contribution in [0.15, 0.2) is 24.3 Å². The molecule has 0 unspecified atom stereocenters. The summed E-state index contributed by atoms with van der Waals surface area (Å²) in [6, 6.07) is 0. The number of rotatable bonds is 3. The zero-order chi connectivity index (χ0) is 16.1. The number of ether oxygens (including phenoxy) is 2. The summed E-state index contributed by atoms with van der Waals surface area (Å²) >= 11 is 0. The molecule has 0 radical (unpaired) electrons. The van der Waals surface area contributed by atoms with Crippen LogP contribution in [-0.2, 0) is 13.9 Å². The van der Waals surface area contributed by atoms with Gasteiger partial charge in [-0.05, 0) is 50.0 Å². The van der Waals surface area contributed by atoms with Crippen molar-refractivity contribution in [3.8, 4) is 0 Å². The summed E-state index contributed by atoms with van der Waals surface area (Å²) in [6.45, 7) is 19.2. The molecule has 0 aromatic heterocycles. The third-order valence-electron chi connectivity index (χ3n) is 4.86. The van der Waals surface area contributed by atoms with Gasteiger partial charge in [-0.1, -0.05) is 33.4 Å². The van der Waals surface area contributed by atoms with E-state index in [1.54, 1.807) is 0 Å². The van der Waals surface area contributed by atoms with Crippen molar-refractivity contribution in [3.05, 3.63) is 24.3 Å². The predicted octanol–water partition coefficient (Wildman–Crippen LogP) is 4.41. The summed E-state index contributed by atoms with van der Waals surface area (Å²) in [5, 5.41) is 0.187. The predicted molar refractivity (Wildman–Crippen MR) is 88.8 cm³/mol. The van der Waals surface area contributed by atoms with Gasteiger partial charge in [0.25, 0.3) is 0 Å². The summed E-state index contributed by atoms with van der Waals surface area (Å²) in [4.78, 5) is 0. The fourth-order valence-corrected chi connectivity index (χ4v) is 4.00. The van der Waals surface area contributed by atoms with Crippen LogP contribution < -0.4 is 0 Å². The normalized spacial score (nSPS) is 32.5. The molecule has 21 heavy (non-hydrogen) atoms. The molecule has 4 heteroatoms. The van der Waals surface area contributed by atoms with E-state index < -0.39 is 14.1 Å². The van der Waals surface area contributed by atoms with Crippen LogP contribution in [0, 0.1) is 0 Å². The first-order chi connectivity index (χ1) is 9.45. The molecule has 0 saturated carbocycles. The molecule has 0 spiro atoms. The lowest BCUT2D eigenvalue weighted by atomic mass is 9.92. The van der Waals surface area contributed by atoms with Gasteiger partial charge in [-0.2, -0.15) is 0 Å². The van der Waals surface area contributed by atoms with E-state index in [0.717, 1.165) is 6.42 Å². The molecule has 0 N–H and O–H groups in total. The highest BCUT2D eigenvalue weighted by Crippen LogP contribution is 2.42. The van der Waals surface area contributed by atoms with Crippen molar-refractivity contribution in [2.75, 3.05) is 0 Å². The van der Waals surface area contributed by atoms with E-state index in [-0.39, 0.29) is 23.4 Å². The first-order valence-electron chi connectivity index (χ1n) is 7.82. The van der Waals surface area contributed by atoms with Gasteiger partial charge in [0, 0.05) is 0 Å². The highest BCUT2D eigenvalue weighted by Gasteiger charge is 2.49. The maximum Gasteiger partial charge on any atom is 0.192 e. The molecule has 0 amide bonds. The van der Waals surface area contributed by atoms with E-state index in [4.69, 9.17) is 13.9 Å². The molecule has 2 aliphatic rings. The summed E-state index contributed by atoms with van der Waals surface area (Å²) in [5.41, 5.74) is 1.20. The van der Waals surface area contributed by atoms with Crippen LogP contribution in [0.3, 0.4) is 0 Å². The van der Waals surface area contributed by atoms with Crippen LogP contribution in [0.4, 0.5) is 0 Å². The van der Waals surface area contributed by atoms with Gasteiger partial charge in [0.2, 0.25) is 0 Å². The monoisotopic (exact) mass is 310 g/mol. The molecule has 3 atom stereocenters. The standard InChI is InChI=1S/C17H30O3Si/c1-9-12-10-13-15(19-17(5,6)18-13)14(11-12)20-21(7,8)16(2,3)4/h9-10,13-15H,1,11H2,2-8H3/t13-,14-,15-/m1/s1. The smallest absolute Gasteiger partial charge is 0.192 e. The Morgan fingerprint density at radius 1 is 1.33 bits per heavy atom. The average molecular weight is 311 g/mol. The third-order valence-corrected chi connectivity index (χ3v) is 9.36. The van der Waals surface area contributed by atoms with Crippen LogP contribution in [0.5, 0.6) is 0 Å². The molecule has 0 aromatic carbocycles. The Hall–Kier alpha value is -0.423. The van der Waals surface area contributed by atoms with Gasteiger partial charge in [-0.3, -0.25) is 0 Å². The number of hydrogen-bond donors (Lipinski definition) is 0. The van der Waals surface area contributed by atoms with E-state index in [0.29, 0.717) is 0 Å². The van der Waals surface area contributed by atoms with Crippen molar-refractivity contribution in [2.45, 2.75) is 83.3 Å². The highest BCUT2D eigenvalue weighted by atomic mass is 28.4. The molecule has 0 bridgehead atoms. The number of fused-ring (bicyclic) bond motifs is 1. The van der Waals surface area contributed by atoms with Crippen molar-refractivity contribution in [3.63, 3.8) is 0 Å². The minimum atomic E-state index is -1.84. The maximum absolute atomic E-state index is 6.63. The van der Waals surface area contributed by atoms with Gasteiger partial charge in [-0.15, -0.1) is 0 Å². The zero-order valence-corrected chi connectivity index (χ0v) is 15.5. The second-order valence-electron chi connectivity index (χ2n) is 8.13. The molecule has 1 aliphatic heterocycles. The Kier molecular flexibility index (Phi) is 4.31. The molecule has 0 aromatic rings. The van der Waals surface area contributed by atoms with Gasteiger partial charge in [0.1, 0.15) is 12.2 Å².